The van der Waals surface area contributed by atoms with E-state index in [1.807, 2.05) is 49.4 Å². The number of benzene rings is 3. The van der Waals surface area contributed by atoms with Crippen LogP contribution in [0.25, 0.3) is 22.2 Å². The number of fused-ring (bicyclic) bond motifs is 1. The molecule has 4 aromatic rings. The SMILES string of the molecule is CC[C@@H](OC(=O)c1cc(-c2ccc(C(C)C)cc2)nc2ccccc12)C(=O)c1ccccc1. The largest absolute Gasteiger partial charge is 0.450 e. The molecule has 0 spiro atoms. The van der Waals surface area contributed by atoms with E-state index >= 15 is 0 Å². The average molecular weight is 438 g/mol. The molecule has 0 unspecified atom stereocenters. The summed E-state index contributed by atoms with van der Waals surface area (Å²) in [5.41, 5.74) is 4.50. The Morgan fingerprint density at radius 2 is 1.55 bits per heavy atom. The molecule has 0 aliphatic carbocycles. The van der Waals surface area contributed by atoms with Crippen LogP contribution in [0.15, 0.2) is 84.9 Å². The molecule has 0 bridgehead atoms. The van der Waals surface area contributed by atoms with Crippen LogP contribution in [0.2, 0.25) is 0 Å². The first kappa shape index (κ1) is 22.4. The number of hydrogen-bond acceptors (Lipinski definition) is 4. The van der Waals surface area contributed by atoms with Gasteiger partial charge in [0.2, 0.25) is 5.78 Å². The van der Waals surface area contributed by atoms with Gasteiger partial charge < -0.3 is 4.74 Å². The average Bonchev–Trinajstić information content (AvgIpc) is 2.86. The third-order valence-electron chi connectivity index (χ3n) is 5.78. The highest BCUT2D eigenvalue weighted by molar-refractivity contribution is 6.06. The Hall–Kier alpha value is -3.79. The van der Waals surface area contributed by atoms with Gasteiger partial charge in [-0.15, -0.1) is 0 Å². The van der Waals surface area contributed by atoms with Gasteiger partial charge in [0.1, 0.15) is 0 Å². The minimum absolute atomic E-state index is 0.200. The number of hydrogen-bond donors (Lipinski definition) is 0. The van der Waals surface area contributed by atoms with Gasteiger partial charge in [-0.25, -0.2) is 9.78 Å². The van der Waals surface area contributed by atoms with E-state index in [-0.39, 0.29) is 5.78 Å². The summed E-state index contributed by atoms with van der Waals surface area (Å²) in [7, 11) is 0. The van der Waals surface area contributed by atoms with Crippen molar-refractivity contribution in [1.29, 1.82) is 0 Å². The lowest BCUT2D eigenvalue weighted by molar-refractivity contribution is 0.0279. The summed E-state index contributed by atoms with van der Waals surface area (Å²) in [5.74, 6) is -0.290. The lowest BCUT2D eigenvalue weighted by atomic mass is 9.99. The fraction of sp³-hybridized carbons (Fsp3) is 0.207. The van der Waals surface area contributed by atoms with E-state index < -0.39 is 12.1 Å². The van der Waals surface area contributed by atoms with E-state index in [2.05, 4.69) is 26.0 Å². The molecule has 4 heteroatoms. The first-order valence-electron chi connectivity index (χ1n) is 11.3. The minimum atomic E-state index is -0.847. The number of Topliss-reactive ketones (excluding diaryl/α,β-unsaturated/α-hetero) is 1. The molecule has 166 valence electrons. The number of para-hydroxylation sites is 1. The molecule has 4 rings (SSSR count). The lowest BCUT2D eigenvalue weighted by Crippen LogP contribution is -2.27. The van der Waals surface area contributed by atoms with Crippen molar-refractivity contribution >= 4 is 22.7 Å². The van der Waals surface area contributed by atoms with E-state index in [1.165, 1.54) is 5.56 Å². The Balaban J connectivity index is 1.70. The normalized spacial score (nSPS) is 12.0. The number of carbonyl (C=O) groups excluding carboxylic acids is 2. The molecule has 0 aliphatic heterocycles. The van der Waals surface area contributed by atoms with Crippen LogP contribution in [-0.2, 0) is 4.74 Å². The molecule has 0 saturated heterocycles. The Bertz CT molecular complexity index is 1280. The number of nitrogens with zero attached hydrogens (tertiary/aromatic N) is 1. The maximum Gasteiger partial charge on any atom is 0.339 e. The highest BCUT2D eigenvalue weighted by Crippen LogP contribution is 2.27. The summed E-state index contributed by atoms with van der Waals surface area (Å²) < 4.78 is 5.74. The van der Waals surface area contributed by atoms with Gasteiger partial charge in [0.25, 0.3) is 0 Å². The summed E-state index contributed by atoms with van der Waals surface area (Å²) in [6, 6.07) is 26.4. The maximum atomic E-state index is 13.3. The van der Waals surface area contributed by atoms with Gasteiger partial charge in [-0.3, -0.25) is 4.79 Å². The van der Waals surface area contributed by atoms with Crippen LogP contribution in [0, 0.1) is 0 Å². The number of rotatable bonds is 7. The molecule has 0 N–H and O–H groups in total. The highest BCUT2D eigenvalue weighted by Gasteiger charge is 2.24. The predicted octanol–water partition coefficient (Wildman–Crippen LogP) is 6.84. The fourth-order valence-corrected chi connectivity index (χ4v) is 3.83. The summed E-state index contributed by atoms with van der Waals surface area (Å²) in [6.07, 6.45) is -0.452. The lowest BCUT2D eigenvalue weighted by Gasteiger charge is -2.16. The van der Waals surface area contributed by atoms with E-state index in [0.717, 1.165) is 5.56 Å². The van der Waals surface area contributed by atoms with Gasteiger partial charge in [0.05, 0.1) is 16.8 Å². The zero-order chi connectivity index (χ0) is 23.4. The number of pyridine rings is 1. The van der Waals surface area contributed by atoms with E-state index in [1.54, 1.807) is 30.3 Å². The van der Waals surface area contributed by atoms with Crippen molar-refractivity contribution in [3.63, 3.8) is 0 Å². The van der Waals surface area contributed by atoms with Crippen molar-refractivity contribution < 1.29 is 14.3 Å². The quantitative estimate of drug-likeness (QED) is 0.234. The molecular formula is C29H27NO3. The molecule has 0 radical (unpaired) electrons. The van der Waals surface area contributed by atoms with Crippen molar-refractivity contribution in [2.45, 2.75) is 39.2 Å². The molecule has 1 heterocycles. The second kappa shape index (κ2) is 9.78. The van der Waals surface area contributed by atoms with Crippen molar-refractivity contribution in [2.24, 2.45) is 0 Å². The van der Waals surface area contributed by atoms with E-state index in [9.17, 15) is 9.59 Å². The number of ketones is 1. The molecule has 0 aliphatic rings. The van der Waals surface area contributed by atoms with Gasteiger partial charge in [-0.1, -0.05) is 93.6 Å². The van der Waals surface area contributed by atoms with Gasteiger partial charge in [-0.2, -0.15) is 0 Å². The number of aromatic nitrogens is 1. The summed E-state index contributed by atoms with van der Waals surface area (Å²) in [5, 5.41) is 0.701. The summed E-state index contributed by atoms with van der Waals surface area (Å²) >= 11 is 0. The van der Waals surface area contributed by atoms with Crippen molar-refractivity contribution in [2.75, 3.05) is 0 Å². The Morgan fingerprint density at radius 1 is 0.879 bits per heavy atom. The van der Waals surface area contributed by atoms with Crippen LogP contribution >= 0.6 is 0 Å². The molecule has 4 nitrogen and oxygen atoms in total. The Kier molecular flexibility index (Phi) is 6.64. The second-order valence-electron chi connectivity index (χ2n) is 8.38. The van der Waals surface area contributed by atoms with E-state index in [4.69, 9.17) is 9.72 Å². The van der Waals surface area contributed by atoms with Crippen LogP contribution in [0.5, 0.6) is 0 Å². The fourth-order valence-electron chi connectivity index (χ4n) is 3.83. The van der Waals surface area contributed by atoms with Crippen LogP contribution in [0.3, 0.4) is 0 Å². The van der Waals surface area contributed by atoms with Crippen molar-refractivity contribution in [3.8, 4) is 11.3 Å². The van der Waals surface area contributed by atoms with Gasteiger partial charge in [0, 0.05) is 16.5 Å². The molecule has 3 aromatic carbocycles. The van der Waals surface area contributed by atoms with Gasteiger partial charge >= 0.3 is 5.97 Å². The number of ether oxygens (including phenoxy) is 1. The summed E-state index contributed by atoms with van der Waals surface area (Å²) in [6.45, 7) is 6.14. The molecule has 0 saturated carbocycles. The van der Waals surface area contributed by atoms with Crippen LogP contribution in [-0.4, -0.2) is 22.8 Å². The zero-order valence-corrected chi connectivity index (χ0v) is 19.1. The maximum absolute atomic E-state index is 13.3. The third kappa shape index (κ3) is 4.85. The van der Waals surface area contributed by atoms with Crippen LogP contribution in [0.4, 0.5) is 0 Å². The standard InChI is InChI=1S/C29H27NO3/c1-4-27(28(31)22-10-6-5-7-11-22)33-29(32)24-18-26(30-25-13-9-8-12-23(24)25)21-16-14-20(15-17-21)19(2)3/h5-19,27H,4H2,1-3H3/t27-/m1/s1. The predicted molar refractivity (Wildman–Crippen MR) is 132 cm³/mol. The van der Waals surface area contributed by atoms with Crippen molar-refractivity contribution in [3.05, 3.63) is 102 Å². The minimum Gasteiger partial charge on any atom is -0.450 e. The van der Waals surface area contributed by atoms with Gasteiger partial charge in [0.15, 0.2) is 6.10 Å². The zero-order valence-electron chi connectivity index (χ0n) is 19.1. The monoisotopic (exact) mass is 437 g/mol. The van der Waals surface area contributed by atoms with Crippen molar-refractivity contribution in [1.82, 2.24) is 4.98 Å². The first-order valence-corrected chi connectivity index (χ1v) is 11.3. The molecule has 1 aromatic heterocycles. The van der Waals surface area contributed by atoms with Gasteiger partial charge in [-0.05, 0) is 30.0 Å². The topological polar surface area (TPSA) is 56.3 Å². The van der Waals surface area contributed by atoms with Crippen LogP contribution in [0.1, 0.15) is 59.4 Å². The summed E-state index contributed by atoms with van der Waals surface area (Å²) in [4.78, 5) is 31.0. The molecule has 33 heavy (non-hydrogen) atoms. The number of carbonyl (C=O) groups is 2. The number of esters is 1. The van der Waals surface area contributed by atoms with Crippen LogP contribution < -0.4 is 0 Å². The third-order valence-corrected chi connectivity index (χ3v) is 5.78. The Labute approximate surface area is 194 Å². The molecular weight excluding hydrogens is 410 g/mol. The smallest absolute Gasteiger partial charge is 0.339 e. The highest BCUT2D eigenvalue weighted by atomic mass is 16.5. The molecule has 1 atom stereocenters. The second-order valence-corrected chi connectivity index (χ2v) is 8.38. The molecule has 0 amide bonds. The Morgan fingerprint density at radius 3 is 2.21 bits per heavy atom. The molecule has 0 fully saturated rings. The first-order chi connectivity index (χ1) is 16.0. The van der Waals surface area contributed by atoms with E-state index in [0.29, 0.717) is 40.1 Å².